The number of carbonyl (C=O) groups is 1. The zero-order valence-electron chi connectivity index (χ0n) is 11.9. The van der Waals surface area contributed by atoms with Gasteiger partial charge >= 0.3 is 6.03 Å². The number of rotatable bonds is 1. The Morgan fingerprint density at radius 1 is 1.27 bits per heavy atom. The molecule has 3 N–H and O–H groups in total. The van der Waals surface area contributed by atoms with Crippen LogP contribution in [0.25, 0.3) is 11.0 Å². The van der Waals surface area contributed by atoms with Crippen LogP contribution in [0.1, 0.15) is 23.6 Å². The first-order chi connectivity index (χ1) is 10.7. The fourth-order valence-corrected chi connectivity index (χ4v) is 3.01. The van der Waals surface area contributed by atoms with Gasteiger partial charge in [-0.2, -0.15) is 4.68 Å². The zero-order chi connectivity index (χ0) is 15.1. The first kappa shape index (κ1) is 12.8. The summed E-state index contributed by atoms with van der Waals surface area (Å²) >= 11 is 0. The first-order valence-electron chi connectivity index (χ1n) is 7.22. The van der Waals surface area contributed by atoms with Gasteiger partial charge in [-0.15, -0.1) is 5.10 Å². The molecule has 0 aliphatic heterocycles. The fraction of sp³-hybridized carbons (Fsp3) is 0.188. The van der Waals surface area contributed by atoms with Crippen molar-refractivity contribution < 1.29 is 4.79 Å². The summed E-state index contributed by atoms with van der Waals surface area (Å²) in [4.78, 5) is 12.5. The van der Waals surface area contributed by atoms with E-state index in [1.54, 1.807) is 18.2 Å². The Hall–Kier alpha value is -2.89. The number of nitrogens with two attached hydrogens (primary N) is 1. The van der Waals surface area contributed by atoms with Gasteiger partial charge < -0.3 is 11.1 Å². The molecule has 1 amide bonds. The van der Waals surface area contributed by atoms with Gasteiger partial charge in [0, 0.05) is 5.69 Å². The lowest BCUT2D eigenvalue weighted by Crippen LogP contribution is -2.32. The average molecular weight is 293 g/mol. The Morgan fingerprint density at radius 2 is 2.14 bits per heavy atom. The van der Waals surface area contributed by atoms with Crippen LogP contribution in [0.2, 0.25) is 0 Å². The summed E-state index contributed by atoms with van der Waals surface area (Å²) in [6.45, 7) is 0. The topological polar surface area (TPSA) is 85.8 Å². The van der Waals surface area contributed by atoms with Crippen molar-refractivity contribution in [2.75, 3.05) is 5.73 Å². The maximum atomic E-state index is 12.5. The lowest BCUT2D eigenvalue weighted by molar-refractivity contribution is 0.236. The fourth-order valence-electron chi connectivity index (χ4n) is 3.01. The normalized spacial score (nSPS) is 16.6. The van der Waals surface area contributed by atoms with E-state index in [0.717, 1.165) is 12.8 Å². The highest BCUT2D eigenvalue weighted by Gasteiger charge is 2.24. The lowest BCUT2D eigenvalue weighted by Gasteiger charge is -2.13. The quantitative estimate of drug-likeness (QED) is 0.674. The molecule has 0 unspecified atom stereocenters. The van der Waals surface area contributed by atoms with Crippen LogP contribution in [0, 0.1) is 0 Å². The van der Waals surface area contributed by atoms with E-state index in [2.05, 4.69) is 27.8 Å². The largest absolute Gasteiger partial charge is 0.399 e. The molecule has 0 bridgehead atoms. The van der Waals surface area contributed by atoms with Gasteiger partial charge in [0.1, 0.15) is 5.52 Å². The number of aryl methyl sites for hydroxylation is 1. The molecule has 6 nitrogen and oxygen atoms in total. The van der Waals surface area contributed by atoms with Crippen LogP contribution < -0.4 is 11.1 Å². The molecular weight excluding hydrogens is 278 g/mol. The monoisotopic (exact) mass is 293 g/mol. The molecule has 1 aliphatic rings. The van der Waals surface area contributed by atoms with Crippen molar-refractivity contribution in [1.29, 1.82) is 0 Å². The Labute approximate surface area is 126 Å². The van der Waals surface area contributed by atoms with E-state index in [9.17, 15) is 4.79 Å². The molecule has 1 heterocycles. The van der Waals surface area contributed by atoms with Crippen LogP contribution in [-0.2, 0) is 6.42 Å². The van der Waals surface area contributed by atoms with Gasteiger partial charge in [0.05, 0.1) is 11.6 Å². The SMILES string of the molecule is Nc1ccc2c(c1)nnn2C(=O)N[C@@H]1CCc2ccccc21. The molecule has 6 heteroatoms. The maximum Gasteiger partial charge on any atom is 0.344 e. The molecule has 0 radical (unpaired) electrons. The molecule has 1 atom stereocenters. The van der Waals surface area contributed by atoms with E-state index in [-0.39, 0.29) is 12.1 Å². The van der Waals surface area contributed by atoms with Crippen molar-refractivity contribution in [3.8, 4) is 0 Å². The van der Waals surface area contributed by atoms with Gasteiger partial charge in [-0.1, -0.05) is 29.5 Å². The van der Waals surface area contributed by atoms with Gasteiger partial charge in [-0.3, -0.25) is 0 Å². The maximum absolute atomic E-state index is 12.5. The Bertz CT molecular complexity index is 870. The number of anilines is 1. The van der Waals surface area contributed by atoms with E-state index in [1.165, 1.54) is 15.8 Å². The number of hydrogen-bond donors (Lipinski definition) is 2. The number of aromatic nitrogens is 3. The van der Waals surface area contributed by atoms with Crippen LogP contribution >= 0.6 is 0 Å². The number of carbonyl (C=O) groups excluding carboxylic acids is 1. The van der Waals surface area contributed by atoms with Crippen molar-refractivity contribution in [1.82, 2.24) is 20.3 Å². The van der Waals surface area contributed by atoms with E-state index in [1.807, 2.05) is 12.1 Å². The molecule has 0 fully saturated rings. The van der Waals surface area contributed by atoms with Gasteiger partial charge in [-0.25, -0.2) is 4.79 Å². The number of nitrogen functional groups attached to an aromatic ring is 1. The van der Waals surface area contributed by atoms with Crippen LogP contribution in [0.4, 0.5) is 10.5 Å². The van der Waals surface area contributed by atoms with Gasteiger partial charge in [0.25, 0.3) is 0 Å². The molecule has 1 aromatic heterocycles. The highest BCUT2D eigenvalue weighted by Crippen LogP contribution is 2.30. The summed E-state index contributed by atoms with van der Waals surface area (Å²) in [5, 5.41) is 11.0. The van der Waals surface area contributed by atoms with Crippen molar-refractivity contribution in [3.05, 3.63) is 53.6 Å². The number of nitrogens with one attached hydrogen (secondary N) is 1. The van der Waals surface area contributed by atoms with E-state index in [4.69, 9.17) is 5.73 Å². The van der Waals surface area contributed by atoms with E-state index < -0.39 is 0 Å². The summed E-state index contributed by atoms with van der Waals surface area (Å²) in [5.74, 6) is 0. The molecule has 110 valence electrons. The average Bonchev–Trinajstić information content (AvgIpc) is 3.11. The van der Waals surface area contributed by atoms with Crippen molar-refractivity contribution in [3.63, 3.8) is 0 Å². The van der Waals surface area contributed by atoms with Gasteiger partial charge in [-0.05, 0) is 42.2 Å². The molecule has 2 aromatic carbocycles. The Morgan fingerprint density at radius 3 is 3.05 bits per heavy atom. The Balaban J connectivity index is 1.62. The van der Waals surface area contributed by atoms with Crippen LogP contribution in [0.5, 0.6) is 0 Å². The van der Waals surface area contributed by atoms with Crippen LogP contribution in [0.3, 0.4) is 0 Å². The number of hydrogen-bond acceptors (Lipinski definition) is 4. The number of amides is 1. The van der Waals surface area contributed by atoms with Gasteiger partial charge in [0.15, 0.2) is 0 Å². The third-order valence-electron chi connectivity index (χ3n) is 4.09. The smallest absolute Gasteiger partial charge is 0.344 e. The minimum Gasteiger partial charge on any atom is -0.399 e. The first-order valence-corrected chi connectivity index (χ1v) is 7.22. The minimum absolute atomic E-state index is 0.0248. The third kappa shape index (κ3) is 2.00. The highest BCUT2D eigenvalue weighted by atomic mass is 16.2. The molecule has 0 spiro atoms. The molecule has 1 aliphatic carbocycles. The number of fused-ring (bicyclic) bond motifs is 2. The molecular formula is C16H15N5O. The number of benzene rings is 2. The number of nitrogens with zero attached hydrogens (tertiary/aromatic N) is 3. The minimum atomic E-state index is -0.269. The standard InChI is InChI=1S/C16H15N5O/c17-11-6-8-15-14(9-11)19-20-21(15)16(22)18-13-7-5-10-3-1-2-4-12(10)13/h1-4,6,8-9,13H,5,7,17H2,(H,18,22)/t13-/m1/s1. The summed E-state index contributed by atoms with van der Waals surface area (Å²) in [7, 11) is 0. The lowest BCUT2D eigenvalue weighted by atomic mass is 10.1. The van der Waals surface area contributed by atoms with Crippen LogP contribution in [0.15, 0.2) is 42.5 Å². The summed E-state index contributed by atoms with van der Waals surface area (Å²) in [5.41, 5.74) is 10.1. The zero-order valence-corrected chi connectivity index (χ0v) is 11.9. The summed E-state index contributed by atoms with van der Waals surface area (Å²) in [6.07, 6.45) is 1.89. The third-order valence-corrected chi connectivity index (χ3v) is 4.09. The molecule has 0 saturated heterocycles. The van der Waals surface area contributed by atoms with Crippen molar-refractivity contribution in [2.45, 2.75) is 18.9 Å². The summed E-state index contributed by atoms with van der Waals surface area (Å²) < 4.78 is 1.29. The van der Waals surface area contributed by atoms with Crippen molar-refractivity contribution in [2.24, 2.45) is 0 Å². The second-order valence-corrected chi connectivity index (χ2v) is 5.49. The van der Waals surface area contributed by atoms with Crippen LogP contribution in [-0.4, -0.2) is 21.0 Å². The predicted molar refractivity (Wildman–Crippen MR) is 83.4 cm³/mol. The molecule has 22 heavy (non-hydrogen) atoms. The van der Waals surface area contributed by atoms with Crippen molar-refractivity contribution >= 4 is 22.8 Å². The predicted octanol–water partition coefficient (Wildman–Crippen LogP) is 2.26. The highest BCUT2D eigenvalue weighted by molar-refractivity contribution is 5.89. The summed E-state index contributed by atoms with van der Waals surface area (Å²) in [6, 6.07) is 13.1. The second-order valence-electron chi connectivity index (χ2n) is 5.49. The molecule has 0 saturated carbocycles. The van der Waals surface area contributed by atoms with Gasteiger partial charge in [0.2, 0.25) is 0 Å². The molecule has 4 rings (SSSR count). The molecule has 3 aromatic rings. The Kier molecular flexibility index (Phi) is 2.82. The second kappa shape index (κ2) is 4.84. The van der Waals surface area contributed by atoms with E-state index >= 15 is 0 Å². The van der Waals surface area contributed by atoms with E-state index in [0.29, 0.717) is 16.7 Å².